The van der Waals surface area contributed by atoms with E-state index in [1.165, 1.54) is 19.1 Å². The number of allylic oxidation sites excluding steroid dienone is 1. The van der Waals surface area contributed by atoms with E-state index >= 15 is 0 Å². The molecule has 0 bridgehead atoms. The minimum atomic E-state index is -0.741. The average molecular weight is 222 g/mol. The van der Waals surface area contributed by atoms with Crippen molar-refractivity contribution in [3.05, 3.63) is 54.8 Å². The smallest absolute Gasteiger partial charge is 0.150 e. The second kappa shape index (κ2) is 4.70. The first-order valence-electron chi connectivity index (χ1n) is 4.59. The molecule has 0 aliphatic rings. The van der Waals surface area contributed by atoms with Crippen molar-refractivity contribution >= 4 is 11.5 Å². The van der Waals surface area contributed by atoms with Gasteiger partial charge in [-0.25, -0.2) is 8.78 Å². The first kappa shape index (κ1) is 12.1. The Balaban J connectivity index is 3.37. The SMILES string of the molecule is C=CC(=C)N(C(C)=N)c1c(F)cccc1F. The Bertz CT molecular complexity index is 432. The van der Waals surface area contributed by atoms with E-state index in [0.29, 0.717) is 0 Å². The normalized spacial score (nSPS) is 9.69. The van der Waals surface area contributed by atoms with Crippen LogP contribution in [0, 0.1) is 17.0 Å². The molecule has 1 aromatic carbocycles. The topological polar surface area (TPSA) is 27.1 Å². The molecule has 1 N–H and O–H groups in total. The predicted octanol–water partition coefficient (Wildman–Crippen LogP) is 3.47. The van der Waals surface area contributed by atoms with E-state index in [1.807, 2.05) is 0 Å². The molecular weight excluding hydrogens is 210 g/mol. The molecule has 0 atom stereocenters. The Hall–Kier alpha value is -1.97. The van der Waals surface area contributed by atoms with Crippen molar-refractivity contribution in [3.63, 3.8) is 0 Å². The molecule has 0 heterocycles. The number of hydrogen-bond donors (Lipinski definition) is 1. The lowest BCUT2D eigenvalue weighted by Crippen LogP contribution is -2.27. The molecule has 0 unspecified atom stereocenters. The zero-order chi connectivity index (χ0) is 12.3. The molecule has 0 aromatic heterocycles. The predicted molar refractivity (Wildman–Crippen MR) is 61.6 cm³/mol. The minimum Gasteiger partial charge on any atom is -0.294 e. The summed E-state index contributed by atoms with van der Waals surface area (Å²) in [6.07, 6.45) is 1.34. The van der Waals surface area contributed by atoms with Crippen LogP contribution in [0.3, 0.4) is 0 Å². The van der Waals surface area contributed by atoms with Crippen LogP contribution in [0.5, 0.6) is 0 Å². The van der Waals surface area contributed by atoms with Crippen LogP contribution >= 0.6 is 0 Å². The monoisotopic (exact) mass is 222 g/mol. The van der Waals surface area contributed by atoms with Crippen LogP contribution in [0.4, 0.5) is 14.5 Å². The van der Waals surface area contributed by atoms with Gasteiger partial charge in [0.2, 0.25) is 0 Å². The molecule has 0 amide bonds. The number of benzene rings is 1. The van der Waals surface area contributed by atoms with Gasteiger partial charge in [-0.15, -0.1) is 0 Å². The number of nitrogens with one attached hydrogen (secondary N) is 1. The Morgan fingerprint density at radius 3 is 2.25 bits per heavy atom. The molecule has 0 spiro atoms. The van der Waals surface area contributed by atoms with E-state index in [0.717, 1.165) is 17.0 Å². The number of anilines is 1. The molecule has 1 rings (SSSR count). The van der Waals surface area contributed by atoms with E-state index in [4.69, 9.17) is 5.41 Å². The van der Waals surface area contributed by atoms with E-state index in [2.05, 4.69) is 13.2 Å². The van der Waals surface area contributed by atoms with Gasteiger partial charge >= 0.3 is 0 Å². The highest BCUT2D eigenvalue weighted by atomic mass is 19.1. The van der Waals surface area contributed by atoms with Gasteiger partial charge in [0.1, 0.15) is 23.2 Å². The standard InChI is InChI=1S/C12H12F2N2/c1-4-8(2)16(9(3)15)12-10(13)6-5-7-11(12)14/h4-7,15H,1-2H2,3H3. The summed E-state index contributed by atoms with van der Waals surface area (Å²) < 4.78 is 27.0. The lowest BCUT2D eigenvalue weighted by atomic mass is 10.2. The Morgan fingerprint density at radius 2 is 1.88 bits per heavy atom. The van der Waals surface area contributed by atoms with Crippen LogP contribution in [-0.4, -0.2) is 5.84 Å². The van der Waals surface area contributed by atoms with Gasteiger partial charge < -0.3 is 0 Å². The molecule has 0 radical (unpaired) electrons. The number of halogens is 2. The molecular formula is C12H12F2N2. The Labute approximate surface area is 93.0 Å². The first-order valence-corrected chi connectivity index (χ1v) is 4.59. The molecule has 0 saturated heterocycles. The van der Waals surface area contributed by atoms with Gasteiger partial charge in [0.25, 0.3) is 0 Å². The fourth-order valence-corrected chi connectivity index (χ4v) is 1.32. The van der Waals surface area contributed by atoms with Gasteiger partial charge in [0, 0.05) is 5.70 Å². The largest absolute Gasteiger partial charge is 0.294 e. The maximum Gasteiger partial charge on any atom is 0.150 e. The highest BCUT2D eigenvalue weighted by Gasteiger charge is 2.19. The number of rotatable bonds is 3. The second-order valence-corrected chi connectivity index (χ2v) is 3.19. The summed E-state index contributed by atoms with van der Waals surface area (Å²) in [7, 11) is 0. The van der Waals surface area contributed by atoms with Crippen molar-refractivity contribution in [3.8, 4) is 0 Å². The van der Waals surface area contributed by atoms with E-state index in [-0.39, 0.29) is 17.2 Å². The molecule has 4 heteroatoms. The lowest BCUT2D eigenvalue weighted by molar-refractivity contribution is 0.585. The highest BCUT2D eigenvalue weighted by Crippen LogP contribution is 2.26. The van der Waals surface area contributed by atoms with Crippen LogP contribution in [0.25, 0.3) is 0 Å². The molecule has 0 fully saturated rings. The maximum atomic E-state index is 13.5. The van der Waals surface area contributed by atoms with E-state index in [9.17, 15) is 8.78 Å². The van der Waals surface area contributed by atoms with Crippen LogP contribution in [-0.2, 0) is 0 Å². The number of amidine groups is 1. The molecule has 0 aliphatic heterocycles. The number of nitrogens with zero attached hydrogens (tertiary/aromatic N) is 1. The summed E-state index contributed by atoms with van der Waals surface area (Å²) in [5.41, 5.74) is -0.0589. The van der Waals surface area contributed by atoms with Crippen molar-refractivity contribution < 1.29 is 8.78 Å². The van der Waals surface area contributed by atoms with Crippen LogP contribution in [0.15, 0.2) is 43.1 Å². The van der Waals surface area contributed by atoms with E-state index < -0.39 is 11.6 Å². The molecule has 0 saturated carbocycles. The third kappa shape index (κ3) is 2.16. The zero-order valence-corrected chi connectivity index (χ0v) is 8.93. The van der Waals surface area contributed by atoms with Crippen molar-refractivity contribution in [2.45, 2.75) is 6.92 Å². The van der Waals surface area contributed by atoms with Gasteiger partial charge in [0.05, 0.1) is 0 Å². The number of hydrogen-bond acceptors (Lipinski definition) is 1. The third-order valence-corrected chi connectivity index (χ3v) is 2.02. The fourth-order valence-electron chi connectivity index (χ4n) is 1.32. The van der Waals surface area contributed by atoms with Crippen LogP contribution in [0.2, 0.25) is 0 Å². The van der Waals surface area contributed by atoms with Gasteiger partial charge in [-0.1, -0.05) is 19.2 Å². The van der Waals surface area contributed by atoms with Crippen LogP contribution in [0.1, 0.15) is 6.92 Å². The van der Waals surface area contributed by atoms with Crippen molar-refractivity contribution in [1.82, 2.24) is 0 Å². The fraction of sp³-hybridized carbons (Fsp3) is 0.0833. The molecule has 0 aliphatic carbocycles. The van der Waals surface area contributed by atoms with Gasteiger partial charge in [0.15, 0.2) is 0 Å². The summed E-state index contributed by atoms with van der Waals surface area (Å²) in [5, 5.41) is 7.50. The van der Waals surface area contributed by atoms with Gasteiger partial charge in [-0.05, 0) is 25.1 Å². The molecule has 2 nitrogen and oxygen atoms in total. The minimum absolute atomic E-state index is 0.0334. The molecule has 84 valence electrons. The summed E-state index contributed by atoms with van der Waals surface area (Å²) in [6, 6.07) is 3.53. The number of para-hydroxylation sites is 1. The second-order valence-electron chi connectivity index (χ2n) is 3.19. The zero-order valence-electron chi connectivity index (χ0n) is 8.93. The average Bonchev–Trinajstić information content (AvgIpc) is 2.22. The third-order valence-electron chi connectivity index (χ3n) is 2.02. The molecule has 16 heavy (non-hydrogen) atoms. The van der Waals surface area contributed by atoms with Crippen molar-refractivity contribution in [2.75, 3.05) is 4.90 Å². The van der Waals surface area contributed by atoms with Crippen molar-refractivity contribution in [2.24, 2.45) is 0 Å². The van der Waals surface area contributed by atoms with Crippen molar-refractivity contribution in [1.29, 1.82) is 5.41 Å². The van der Waals surface area contributed by atoms with Gasteiger partial charge in [-0.2, -0.15) is 0 Å². The maximum absolute atomic E-state index is 13.5. The summed E-state index contributed by atoms with van der Waals surface area (Å²) in [4.78, 5) is 1.07. The highest BCUT2D eigenvalue weighted by molar-refractivity contribution is 5.97. The summed E-state index contributed by atoms with van der Waals surface area (Å²) in [5.74, 6) is -1.52. The first-order chi connectivity index (χ1) is 7.49. The summed E-state index contributed by atoms with van der Waals surface area (Å²) in [6.45, 7) is 8.47. The van der Waals surface area contributed by atoms with Crippen LogP contribution < -0.4 is 4.90 Å². The summed E-state index contributed by atoms with van der Waals surface area (Å²) >= 11 is 0. The lowest BCUT2D eigenvalue weighted by Gasteiger charge is -2.24. The van der Waals surface area contributed by atoms with E-state index in [1.54, 1.807) is 0 Å². The Kier molecular flexibility index (Phi) is 3.55. The molecule has 1 aromatic rings. The van der Waals surface area contributed by atoms with Gasteiger partial charge in [-0.3, -0.25) is 10.3 Å². The Morgan fingerprint density at radius 1 is 1.38 bits per heavy atom. The quantitative estimate of drug-likeness (QED) is 0.473.